The number of hydrogen-bond acceptors (Lipinski definition) is 4. The van der Waals surface area contributed by atoms with Crippen molar-refractivity contribution in [1.82, 2.24) is 15.1 Å². The highest BCUT2D eigenvalue weighted by atomic mass is 16.5. The van der Waals surface area contributed by atoms with Gasteiger partial charge < -0.3 is 19.7 Å². The maximum Gasteiger partial charge on any atom is 0.194 e. The molecular weight excluding hydrogens is 340 g/mol. The lowest BCUT2D eigenvalue weighted by atomic mass is 10.2. The molecule has 27 heavy (non-hydrogen) atoms. The van der Waals surface area contributed by atoms with Crippen molar-refractivity contribution >= 4 is 5.96 Å². The SMILES string of the molecule is CCNC(=NCC(C)Oc1ccc(C)cc1)N1CCC(N2CCOCC2)C1. The average molecular weight is 375 g/mol. The zero-order valence-electron chi connectivity index (χ0n) is 17.0. The van der Waals surface area contributed by atoms with E-state index in [0.29, 0.717) is 12.6 Å². The van der Waals surface area contributed by atoms with Crippen molar-refractivity contribution in [3.05, 3.63) is 29.8 Å². The highest BCUT2D eigenvalue weighted by Gasteiger charge is 2.30. The number of aliphatic imine (C=N–C) groups is 1. The van der Waals surface area contributed by atoms with E-state index in [1.807, 2.05) is 12.1 Å². The largest absolute Gasteiger partial charge is 0.489 e. The summed E-state index contributed by atoms with van der Waals surface area (Å²) in [6.07, 6.45) is 1.24. The Bertz CT molecular complexity index is 599. The van der Waals surface area contributed by atoms with Crippen molar-refractivity contribution < 1.29 is 9.47 Å². The first-order valence-electron chi connectivity index (χ1n) is 10.2. The van der Waals surface area contributed by atoms with E-state index in [1.165, 1.54) is 12.0 Å². The molecule has 2 saturated heterocycles. The molecule has 1 aromatic rings. The third-order valence-corrected chi connectivity index (χ3v) is 5.22. The molecule has 6 heteroatoms. The lowest BCUT2D eigenvalue weighted by Crippen LogP contribution is -2.46. The molecular formula is C21H34N4O2. The second-order valence-electron chi connectivity index (χ2n) is 7.47. The monoisotopic (exact) mass is 374 g/mol. The Morgan fingerprint density at radius 3 is 2.70 bits per heavy atom. The standard InChI is InChI=1S/C21H34N4O2/c1-4-22-21(23-15-18(3)27-20-7-5-17(2)6-8-20)25-10-9-19(16-25)24-11-13-26-14-12-24/h5-8,18-19H,4,9-16H2,1-3H3,(H,22,23). The normalized spacial score (nSPS) is 22.7. The maximum atomic E-state index is 6.00. The van der Waals surface area contributed by atoms with E-state index >= 15 is 0 Å². The summed E-state index contributed by atoms with van der Waals surface area (Å²) in [6, 6.07) is 8.80. The fourth-order valence-corrected chi connectivity index (χ4v) is 3.70. The molecule has 0 aromatic heterocycles. The molecule has 2 unspecified atom stereocenters. The van der Waals surface area contributed by atoms with Crippen LogP contribution in [0.3, 0.4) is 0 Å². The van der Waals surface area contributed by atoms with E-state index in [2.05, 4.69) is 48.0 Å². The molecule has 3 rings (SSSR count). The number of likely N-dealkylation sites (tertiary alicyclic amines) is 1. The number of hydrogen-bond donors (Lipinski definition) is 1. The zero-order chi connectivity index (χ0) is 19.1. The first-order valence-corrected chi connectivity index (χ1v) is 10.2. The molecule has 1 N–H and O–H groups in total. The Hall–Kier alpha value is -1.79. The number of rotatable bonds is 6. The molecule has 0 spiro atoms. The van der Waals surface area contributed by atoms with Crippen LogP contribution in [-0.4, -0.2) is 80.4 Å². The summed E-state index contributed by atoms with van der Waals surface area (Å²) in [5.74, 6) is 1.91. The summed E-state index contributed by atoms with van der Waals surface area (Å²) in [5, 5.41) is 3.45. The number of aryl methyl sites for hydroxylation is 1. The topological polar surface area (TPSA) is 49.3 Å². The van der Waals surface area contributed by atoms with Crippen LogP contribution in [-0.2, 0) is 4.74 Å². The number of guanidine groups is 1. The van der Waals surface area contributed by atoms with Crippen molar-refractivity contribution in [2.45, 2.75) is 39.3 Å². The molecule has 0 amide bonds. The molecule has 2 fully saturated rings. The molecule has 0 bridgehead atoms. The number of ether oxygens (including phenoxy) is 2. The van der Waals surface area contributed by atoms with Gasteiger partial charge >= 0.3 is 0 Å². The first kappa shape index (κ1) is 20.0. The first-order chi connectivity index (χ1) is 13.2. The van der Waals surface area contributed by atoms with Gasteiger partial charge in [-0.1, -0.05) is 17.7 Å². The third-order valence-electron chi connectivity index (χ3n) is 5.22. The van der Waals surface area contributed by atoms with E-state index in [1.54, 1.807) is 0 Å². The van der Waals surface area contributed by atoms with Crippen LogP contribution in [0.4, 0.5) is 0 Å². The quantitative estimate of drug-likeness (QED) is 0.611. The Morgan fingerprint density at radius 2 is 2.00 bits per heavy atom. The number of benzene rings is 1. The smallest absolute Gasteiger partial charge is 0.194 e. The van der Waals surface area contributed by atoms with E-state index in [-0.39, 0.29) is 6.10 Å². The van der Waals surface area contributed by atoms with Crippen LogP contribution in [0, 0.1) is 6.92 Å². The van der Waals surface area contributed by atoms with Gasteiger partial charge in [0.15, 0.2) is 5.96 Å². The minimum absolute atomic E-state index is 0.0407. The molecule has 2 atom stereocenters. The maximum absolute atomic E-state index is 6.00. The summed E-state index contributed by atoms with van der Waals surface area (Å²) in [4.78, 5) is 9.81. The van der Waals surface area contributed by atoms with Gasteiger partial charge in [0.05, 0.1) is 19.8 Å². The fraction of sp³-hybridized carbons (Fsp3) is 0.667. The van der Waals surface area contributed by atoms with Crippen LogP contribution >= 0.6 is 0 Å². The van der Waals surface area contributed by atoms with Crippen molar-refractivity contribution in [3.63, 3.8) is 0 Å². The predicted molar refractivity (Wildman–Crippen MR) is 110 cm³/mol. The van der Waals surface area contributed by atoms with Gasteiger partial charge in [-0.25, -0.2) is 4.99 Å². The molecule has 2 aliphatic rings. The lowest BCUT2D eigenvalue weighted by molar-refractivity contribution is 0.0195. The van der Waals surface area contributed by atoms with Gasteiger partial charge in [-0.3, -0.25) is 4.90 Å². The summed E-state index contributed by atoms with van der Waals surface area (Å²) in [5.41, 5.74) is 1.24. The molecule has 150 valence electrons. The van der Waals surface area contributed by atoms with Crippen LogP contribution in [0.2, 0.25) is 0 Å². The van der Waals surface area contributed by atoms with Crippen molar-refractivity contribution in [2.24, 2.45) is 4.99 Å². The minimum Gasteiger partial charge on any atom is -0.489 e. The van der Waals surface area contributed by atoms with Crippen LogP contribution < -0.4 is 10.1 Å². The zero-order valence-corrected chi connectivity index (χ0v) is 17.0. The van der Waals surface area contributed by atoms with Crippen molar-refractivity contribution in [3.8, 4) is 5.75 Å². The van der Waals surface area contributed by atoms with E-state index in [0.717, 1.165) is 57.6 Å². The highest BCUT2D eigenvalue weighted by Crippen LogP contribution is 2.17. The van der Waals surface area contributed by atoms with Gasteiger partial charge in [0.25, 0.3) is 0 Å². The number of morpholine rings is 1. The number of nitrogens with one attached hydrogen (secondary N) is 1. The van der Waals surface area contributed by atoms with Crippen LogP contribution in [0.1, 0.15) is 25.8 Å². The second-order valence-corrected chi connectivity index (χ2v) is 7.47. The molecule has 0 saturated carbocycles. The van der Waals surface area contributed by atoms with Gasteiger partial charge in [-0.05, 0) is 39.3 Å². The summed E-state index contributed by atoms with van der Waals surface area (Å²) in [7, 11) is 0. The van der Waals surface area contributed by atoms with E-state index < -0.39 is 0 Å². The molecule has 0 radical (unpaired) electrons. The van der Waals surface area contributed by atoms with Gasteiger partial charge in [-0.15, -0.1) is 0 Å². The van der Waals surface area contributed by atoms with Crippen LogP contribution in [0.5, 0.6) is 5.75 Å². The lowest BCUT2D eigenvalue weighted by Gasteiger charge is -2.32. The average Bonchev–Trinajstić information content (AvgIpc) is 3.18. The molecule has 6 nitrogen and oxygen atoms in total. The van der Waals surface area contributed by atoms with Crippen molar-refractivity contribution in [2.75, 3.05) is 52.5 Å². The van der Waals surface area contributed by atoms with Crippen LogP contribution in [0.25, 0.3) is 0 Å². The second kappa shape index (κ2) is 9.95. The Morgan fingerprint density at radius 1 is 1.26 bits per heavy atom. The summed E-state index contributed by atoms with van der Waals surface area (Å²) in [6.45, 7) is 13.7. The predicted octanol–water partition coefficient (Wildman–Crippen LogP) is 2.13. The fourth-order valence-electron chi connectivity index (χ4n) is 3.70. The molecule has 2 aliphatic heterocycles. The summed E-state index contributed by atoms with van der Waals surface area (Å²) < 4.78 is 11.5. The molecule has 1 aromatic carbocycles. The Labute approximate surface area is 163 Å². The van der Waals surface area contributed by atoms with Gasteiger partial charge in [-0.2, -0.15) is 0 Å². The van der Waals surface area contributed by atoms with E-state index in [9.17, 15) is 0 Å². The van der Waals surface area contributed by atoms with E-state index in [4.69, 9.17) is 14.5 Å². The third kappa shape index (κ3) is 5.84. The van der Waals surface area contributed by atoms with Crippen molar-refractivity contribution in [1.29, 1.82) is 0 Å². The molecule has 0 aliphatic carbocycles. The van der Waals surface area contributed by atoms with Crippen LogP contribution in [0.15, 0.2) is 29.3 Å². The van der Waals surface area contributed by atoms with Gasteiger partial charge in [0.2, 0.25) is 0 Å². The molecule has 2 heterocycles. The minimum atomic E-state index is 0.0407. The van der Waals surface area contributed by atoms with Gasteiger partial charge in [0, 0.05) is 38.8 Å². The number of nitrogens with zero attached hydrogens (tertiary/aromatic N) is 3. The summed E-state index contributed by atoms with van der Waals surface area (Å²) >= 11 is 0. The Balaban J connectivity index is 1.53. The highest BCUT2D eigenvalue weighted by molar-refractivity contribution is 5.80. The Kier molecular flexibility index (Phi) is 7.35. The van der Waals surface area contributed by atoms with Gasteiger partial charge in [0.1, 0.15) is 11.9 Å².